The van der Waals surface area contributed by atoms with E-state index >= 15 is 0 Å². The van der Waals surface area contributed by atoms with Crippen LogP contribution in [0.2, 0.25) is 0 Å². The molecule has 2 rings (SSSR count). The number of para-hydroxylation sites is 2. The van der Waals surface area contributed by atoms with E-state index in [2.05, 4.69) is 10.2 Å². The van der Waals surface area contributed by atoms with Crippen molar-refractivity contribution in [3.63, 3.8) is 0 Å². The predicted octanol–water partition coefficient (Wildman–Crippen LogP) is 2.71. The summed E-state index contributed by atoms with van der Waals surface area (Å²) in [5, 5.41) is 2.83. The fourth-order valence-corrected chi connectivity index (χ4v) is 2.08. The maximum atomic E-state index is 11.9. The molecule has 1 aromatic heterocycles. The summed E-state index contributed by atoms with van der Waals surface area (Å²) in [6, 6.07) is 11.1. The van der Waals surface area contributed by atoms with Crippen molar-refractivity contribution < 1.29 is 9.21 Å². The van der Waals surface area contributed by atoms with Gasteiger partial charge in [0.25, 0.3) is 0 Å². The molecule has 3 N–H and O–H groups in total. The van der Waals surface area contributed by atoms with E-state index in [9.17, 15) is 4.79 Å². The van der Waals surface area contributed by atoms with Crippen molar-refractivity contribution in [2.45, 2.75) is 19.4 Å². The zero-order chi connectivity index (χ0) is 15.1. The molecule has 1 aromatic carbocycles. The lowest BCUT2D eigenvalue weighted by Crippen LogP contribution is -2.21. The number of hydrogen-bond acceptors (Lipinski definition) is 4. The molecule has 1 heterocycles. The number of furan rings is 1. The fraction of sp³-hybridized carbons (Fsp3) is 0.312. The van der Waals surface area contributed by atoms with Gasteiger partial charge in [-0.05, 0) is 44.3 Å². The van der Waals surface area contributed by atoms with E-state index < -0.39 is 0 Å². The summed E-state index contributed by atoms with van der Waals surface area (Å²) < 4.78 is 5.29. The molecule has 21 heavy (non-hydrogen) atoms. The molecule has 0 fully saturated rings. The Morgan fingerprint density at radius 1 is 1.29 bits per heavy atom. The number of hydrogen-bond donors (Lipinski definition) is 2. The Morgan fingerprint density at radius 3 is 2.81 bits per heavy atom. The van der Waals surface area contributed by atoms with Gasteiger partial charge >= 0.3 is 0 Å². The van der Waals surface area contributed by atoms with Crippen molar-refractivity contribution in [3.05, 3.63) is 48.4 Å². The number of nitrogens with zero attached hydrogens (tertiary/aromatic N) is 1. The van der Waals surface area contributed by atoms with Crippen LogP contribution in [0.4, 0.5) is 11.4 Å². The molecule has 112 valence electrons. The molecule has 0 radical (unpaired) electrons. The number of carbonyl (C=O) groups excluding carboxylic acids is 1. The maximum absolute atomic E-state index is 11.9. The summed E-state index contributed by atoms with van der Waals surface area (Å²) in [4.78, 5) is 14.0. The van der Waals surface area contributed by atoms with Crippen LogP contribution in [0.5, 0.6) is 0 Å². The Labute approximate surface area is 124 Å². The van der Waals surface area contributed by atoms with Crippen LogP contribution in [0.1, 0.15) is 18.6 Å². The number of amides is 1. The smallest absolute Gasteiger partial charge is 0.224 e. The van der Waals surface area contributed by atoms with Gasteiger partial charge in [-0.15, -0.1) is 0 Å². The van der Waals surface area contributed by atoms with Crippen LogP contribution in [0, 0.1) is 0 Å². The zero-order valence-corrected chi connectivity index (χ0v) is 12.2. The topological polar surface area (TPSA) is 71.5 Å². The molecule has 5 nitrogen and oxygen atoms in total. The monoisotopic (exact) mass is 287 g/mol. The SMILES string of the molecule is CN(CCCC(=O)Nc1ccccc1N)Cc1ccco1. The van der Waals surface area contributed by atoms with E-state index in [1.165, 1.54) is 0 Å². The second-order valence-corrected chi connectivity index (χ2v) is 5.06. The summed E-state index contributed by atoms with van der Waals surface area (Å²) in [7, 11) is 2.01. The Kier molecular flexibility index (Phi) is 5.40. The van der Waals surface area contributed by atoms with Crippen molar-refractivity contribution in [1.29, 1.82) is 0 Å². The standard InChI is InChI=1S/C16H21N3O2/c1-19(12-13-6-5-11-21-13)10-4-9-16(20)18-15-8-3-2-7-14(15)17/h2-3,5-8,11H,4,9-10,12,17H2,1H3,(H,18,20). The van der Waals surface area contributed by atoms with Crippen molar-refractivity contribution in [2.24, 2.45) is 0 Å². The van der Waals surface area contributed by atoms with Gasteiger partial charge in [-0.3, -0.25) is 9.69 Å². The minimum Gasteiger partial charge on any atom is -0.468 e. The number of nitrogens with one attached hydrogen (secondary N) is 1. The first-order chi connectivity index (χ1) is 10.1. The summed E-state index contributed by atoms with van der Waals surface area (Å²) in [5.74, 6) is 0.915. The molecule has 0 spiro atoms. The van der Waals surface area contributed by atoms with Crippen molar-refractivity contribution in [2.75, 3.05) is 24.6 Å². The number of nitrogens with two attached hydrogens (primary N) is 1. The predicted molar refractivity (Wildman–Crippen MR) is 83.8 cm³/mol. The fourth-order valence-electron chi connectivity index (χ4n) is 2.08. The molecule has 0 saturated carbocycles. The molecule has 0 aliphatic rings. The van der Waals surface area contributed by atoms with Crippen LogP contribution in [0.3, 0.4) is 0 Å². The molecule has 0 saturated heterocycles. The molecular formula is C16H21N3O2. The maximum Gasteiger partial charge on any atom is 0.224 e. The Bertz CT molecular complexity index is 567. The number of anilines is 2. The first kappa shape index (κ1) is 15.1. The van der Waals surface area contributed by atoms with Crippen molar-refractivity contribution in [1.82, 2.24) is 4.90 Å². The molecular weight excluding hydrogens is 266 g/mol. The van der Waals surface area contributed by atoms with Gasteiger partial charge < -0.3 is 15.5 Å². The molecule has 0 bridgehead atoms. The molecule has 1 amide bonds. The molecule has 5 heteroatoms. The molecule has 0 unspecified atom stereocenters. The summed E-state index contributed by atoms with van der Waals surface area (Å²) in [6.07, 6.45) is 2.92. The number of carbonyl (C=O) groups is 1. The lowest BCUT2D eigenvalue weighted by atomic mass is 10.2. The van der Waals surface area contributed by atoms with Gasteiger partial charge in [0.2, 0.25) is 5.91 Å². The van der Waals surface area contributed by atoms with E-state index in [1.54, 1.807) is 18.4 Å². The van der Waals surface area contributed by atoms with E-state index in [0.29, 0.717) is 17.8 Å². The van der Waals surface area contributed by atoms with Crippen molar-refractivity contribution in [3.8, 4) is 0 Å². The minimum atomic E-state index is -0.0145. The second kappa shape index (κ2) is 7.50. The molecule has 2 aromatic rings. The largest absolute Gasteiger partial charge is 0.468 e. The Morgan fingerprint density at radius 2 is 2.10 bits per heavy atom. The van der Waals surface area contributed by atoms with Gasteiger partial charge in [-0.2, -0.15) is 0 Å². The van der Waals surface area contributed by atoms with Gasteiger partial charge in [0.05, 0.1) is 24.2 Å². The summed E-state index contributed by atoms with van der Waals surface area (Å²) >= 11 is 0. The third-order valence-electron chi connectivity index (χ3n) is 3.18. The van der Waals surface area contributed by atoms with E-state index in [-0.39, 0.29) is 5.91 Å². The average molecular weight is 287 g/mol. The van der Waals surface area contributed by atoms with Crippen LogP contribution < -0.4 is 11.1 Å². The number of nitrogen functional groups attached to an aromatic ring is 1. The second-order valence-electron chi connectivity index (χ2n) is 5.06. The van der Waals surface area contributed by atoms with E-state index in [4.69, 9.17) is 10.2 Å². The Hall–Kier alpha value is -2.27. The summed E-state index contributed by atoms with van der Waals surface area (Å²) in [5.41, 5.74) is 7.04. The van der Waals surface area contributed by atoms with Crippen LogP contribution >= 0.6 is 0 Å². The Balaban J connectivity index is 1.68. The highest BCUT2D eigenvalue weighted by atomic mass is 16.3. The highest BCUT2D eigenvalue weighted by Crippen LogP contribution is 2.17. The highest BCUT2D eigenvalue weighted by Gasteiger charge is 2.07. The number of rotatable bonds is 7. The average Bonchev–Trinajstić information content (AvgIpc) is 2.94. The quantitative estimate of drug-likeness (QED) is 0.768. The van der Waals surface area contributed by atoms with Gasteiger partial charge in [-0.25, -0.2) is 0 Å². The van der Waals surface area contributed by atoms with Gasteiger partial charge in [0, 0.05) is 6.42 Å². The molecule has 0 aliphatic carbocycles. The van der Waals surface area contributed by atoms with Crippen LogP contribution in [-0.2, 0) is 11.3 Å². The van der Waals surface area contributed by atoms with Crippen molar-refractivity contribution >= 4 is 17.3 Å². The van der Waals surface area contributed by atoms with Gasteiger partial charge in [0.15, 0.2) is 0 Å². The van der Waals surface area contributed by atoms with Gasteiger partial charge in [0.1, 0.15) is 5.76 Å². The molecule has 0 aliphatic heterocycles. The van der Waals surface area contributed by atoms with Crippen LogP contribution in [0.25, 0.3) is 0 Å². The lowest BCUT2D eigenvalue weighted by molar-refractivity contribution is -0.116. The normalized spacial score (nSPS) is 10.8. The number of benzene rings is 1. The highest BCUT2D eigenvalue weighted by molar-refractivity contribution is 5.93. The zero-order valence-electron chi connectivity index (χ0n) is 12.2. The van der Waals surface area contributed by atoms with Crippen LogP contribution in [0.15, 0.2) is 47.1 Å². The first-order valence-corrected chi connectivity index (χ1v) is 7.00. The van der Waals surface area contributed by atoms with E-state index in [1.807, 2.05) is 31.3 Å². The third-order valence-corrected chi connectivity index (χ3v) is 3.18. The van der Waals surface area contributed by atoms with Crippen LogP contribution in [-0.4, -0.2) is 24.4 Å². The minimum absolute atomic E-state index is 0.0145. The summed E-state index contributed by atoms with van der Waals surface area (Å²) in [6.45, 7) is 1.58. The lowest BCUT2D eigenvalue weighted by Gasteiger charge is -2.14. The molecule has 0 atom stereocenters. The van der Waals surface area contributed by atoms with Gasteiger partial charge in [-0.1, -0.05) is 12.1 Å². The first-order valence-electron chi connectivity index (χ1n) is 7.00. The third kappa shape index (κ3) is 4.96. The van der Waals surface area contributed by atoms with E-state index in [0.717, 1.165) is 25.3 Å².